The van der Waals surface area contributed by atoms with Gasteiger partial charge in [0.25, 0.3) is 5.56 Å². The summed E-state index contributed by atoms with van der Waals surface area (Å²) in [6, 6.07) is 10.5. The fraction of sp³-hybridized carbons (Fsp3) is 0.320. The summed E-state index contributed by atoms with van der Waals surface area (Å²) in [7, 11) is 0. The summed E-state index contributed by atoms with van der Waals surface area (Å²) in [6.45, 7) is -1.95. The Morgan fingerprint density at radius 1 is 1.15 bits per heavy atom. The van der Waals surface area contributed by atoms with Gasteiger partial charge in [0.1, 0.15) is 18.3 Å². The molecule has 4 N–H and O–H groups in total. The van der Waals surface area contributed by atoms with Crippen molar-refractivity contribution in [3.8, 4) is 11.3 Å². The van der Waals surface area contributed by atoms with E-state index in [9.17, 15) is 42.9 Å². The number of carboxylic acid groups (broad SMARTS) is 1. The average Bonchev–Trinajstić information content (AvgIpc) is 3.26. The van der Waals surface area contributed by atoms with Crippen molar-refractivity contribution >= 4 is 28.6 Å². The monoisotopic (exact) mass is 550 g/mol. The predicted molar refractivity (Wildman–Crippen MR) is 129 cm³/mol. The van der Waals surface area contributed by atoms with Crippen LogP contribution in [0.5, 0.6) is 0 Å². The highest BCUT2D eigenvalue weighted by molar-refractivity contribution is 5.94. The number of benzene rings is 2. The average molecular weight is 550 g/mol. The first-order valence-corrected chi connectivity index (χ1v) is 11.6. The number of amides is 2. The van der Waals surface area contributed by atoms with Gasteiger partial charge in [-0.25, -0.2) is 4.79 Å². The van der Waals surface area contributed by atoms with E-state index in [1.807, 2.05) is 0 Å². The van der Waals surface area contributed by atoms with Crippen molar-refractivity contribution in [2.45, 2.75) is 24.5 Å². The summed E-state index contributed by atoms with van der Waals surface area (Å²) in [6.07, 6.45) is -11.4. The Kier molecular flexibility index (Phi) is 7.81. The van der Waals surface area contributed by atoms with E-state index in [2.05, 4.69) is 4.98 Å². The van der Waals surface area contributed by atoms with E-state index >= 15 is 0 Å². The summed E-state index contributed by atoms with van der Waals surface area (Å²) < 4.78 is 45.6. The highest BCUT2D eigenvalue weighted by atomic mass is 19.4. The van der Waals surface area contributed by atoms with Gasteiger partial charge < -0.3 is 39.8 Å². The Labute approximate surface area is 218 Å². The molecule has 39 heavy (non-hydrogen) atoms. The maximum Gasteiger partial charge on any atom is 0.417 e. The number of hydrogen-bond acceptors (Lipinski definition) is 8. The van der Waals surface area contributed by atoms with Crippen LogP contribution in [0, 0.1) is 0 Å². The number of nitrogens with one attached hydrogen (secondary N) is 1. The first-order chi connectivity index (χ1) is 18.4. The zero-order chi connectivity index (χ0) is 28.5. The quantitative estimate of drug-likeness (QED) is 0.321. The number of aromatic amines is 1. The number of cyclic esters (lactones) is 1. The van der Waals surface area contributed by atoms with Gasteiger partial charge in [-0.05, 0) is 29.7 Å². The van der Waals surface area contributed by atoms with E-state index in [4.69, 9.17) is 9.84 Å². The fourth-order valence-electron chi connectivity index (χ4n) is 4.29. The van der Waals surface area contributed by atoms with Crippen LogP contribution in [0.25, 0.3) is 22.0 Å². The van der Waals surface area contributed by atoms with Crippen molar-refractivity contribution < 1.29 is 47.9 Å². The van der Waals surface area contributed by atoms with Crippen LogP contribution in [0.3, 0.4) is 0 Å². The number of aliphatic hydroxyl groups is 3. The zero-order valence-corrected chi connectivity index (χ0v) is 20.1. The minimum atomic E-state index is -4.64. The standard InChI is InChI=1S/C25H24F3N3O8/c26-25(27,28)18-4-2-1-3-16(18)19-7-13-5-6-14(8-17(13)22(35)29-19)31-10-15(39-24(31)38)9-30(23(36)37)11-20(33)21(34)12-32/h1-8,15,20-21,32-34H,9-12H2,(H,29,35)(H,36,37)/p-1/t15-,20+,21-/m0/s1. The lowest BCUT2D eigenvalue weighted by Crippen LogP contribution is -2.51. The van der Waals surface area contributed by atoms with E-state index in [1.54, 1.807) is 0 Å². The number of aliphatic hydroxyl groups excluding tert-OH is 3. The van der Waals surface area contributed by atoms with Crippen LogP contribution in [0.4, 0.5) is 28.4 Å². The highest BCUT2D eigenvalue weighted by Gasteiger charge is 2.35. The Hall–Kier alpha value is -4.14. The van der Waals surface area contributed by atoms with Crippen LogP contribution in [0.2, 0.25) is 0 Å². The molecule has 14 heteroatoms. The van der Waals surface area contributed by atoms with Gasteiger partial charge in [-0.2, -0.15) is 13.2 Å². The Morgan fingerprint density at radius 3 is 2.54 bits per heavy atom. The van der Waals surface area contributed by atoms with E-state index in [-0.39, 0.29) is 28.9 Å². The second kappa shape index (κ2) is 10.9. The zero-order valence-electron chi connectivity index (χ0n) is 20.1. The second-order valence-electron chi connectivity index (χ2n) is 8.93. The van der Waals surface area contributed by atoms with Gasteiger partial charge in [-0.3, -0.25) is 9.69 Å². The number of rotatable bonds is 8. The third kappa shape index (κ3) is 5.97. The van der Waals surface area contributed by atoms with Crippen molar-refractivity contribution in [3.63, 3.8) is 0 Å². The number of nitrogens with zero attached hydrogens (tertiary/aromatic N) is 2. The van der Waals surface area contributed by atoms with Crippen LogP contribution in [0.15, 0.2) is 53.3 Å². The maximum absolute atomic E-state index is 13.5. The summed E-state index contributed by atoms with van der Waals surface area (Å²) in [5, 5.41) is 40.1. The molecule has 0 saturated carbocycles. The van der Waals surface area contributed by atoms with E-state index in [0.717, 1.165) is 11.0 Å². The van der Waals surface area contributed by atoms with Crippen molar-refractivity contribution in [2.24, 2.45) is 0 Å². The number of halogens is 3. The molecular weight excluding hydrogens is 527 g/mol. The Morgan fingerprint density at radius 2 is 1.87 bits per heavy atom. The van der Waals surface area contributed by atoms with Gasteiger partial charge in [0, 0.05) is 28.9 Å². The SMILES string of the molecule is O=C([O-])N(C[C@H]1CN(c2ccc3cc(-c4ccccc4C(F)(F)F)[nH]c(=O)c3c2)C(=O)O1)C[C@@H](O)[C@@H](O)CO. The third-order valence-electron chi connectivity index (χ3n) is 6.26. The Bertz CT molecular complexity index is 1440. The van der Waals surface area contributed by atoms with Crippen molar-refractivity contribution in [1.82, 2.24) is 9.88 Å². The Balaban J connectivity index is 1.57. The summed E-state index contributed by atoms with van der Waals surface area (Å²) in [4.78, 5) is 41.0. The highest BCUT2D eigenvalue weighted by Crippen LogP contribution is 2.36. The molecule has 0 radical (unpaired) electrons. The summed E-state index contributed by atoms with van der Waals surface area (Å²) >= 11 is 0. The van der Waals surface area contributed by atoms with Crippen LogP contribution in [-0.4, -0.2) is 81.9 Å². The minimum Gasteiger partial charge on any atom is -0.530 e. The van der Waals surface area contributed by atoms with E-state index < -0.39 is 67.5 Å². The lowest BCUT2D eigenvalue weighted by atomic mass is 10.0. The molecule has 3 atom stereocenters. The van der Waals surface area contributed by atoms with Gasteiger partial charge in [0.15, 0.2) is 0 Å². The van der Waals surface area contributed by atoms with Crippen LogP contribution in [-0.2, 0) is 10.9 Å². The van der Waals surface area contributed by atoms with Crippen LogP contribution >= 0.6 is 0 Å². The smallest absolute Gasteiger partial charge is 0.417 e. The number of aromatic nitrogens is 1. The molecule has 1 aromatic heterocycles. The molecule has 2 heterocycles. The molecule has 1 saturated heterocycles. The number of anilines is 1. The second-order valence-corrected chi connectivity index (χ2v) is 8.93. The van der Waals surface area contributed by atoms with Crippen molar-refractivity contribution in [1.29, 1.82) is 0 Å². The molecular formula is C25H23F3N3O8-. The van der Waals surface area contributed by atoms with Gasteiger partial charge in [-0.15, -0.1) is 0 Å². The van der Waals surface area contributed by atoms with Gasteiger partial charge in [-0.1, -0.05) is 24.3 Å². The first-order valence-electron chi connectivity index (χ1n) is 11.6. The van der Waals surface area contributed by atoms with Crippen molar-refractivity contribution in [3.05, 3.63) is 64.4 Å². The van der Waals surface area contributed by atoms with Crippen molar-refractivity contribution in [2.75, 3.05) is 31.1 Å². The molecule has 2 aromatic carbocycles. The lowest BCUT2D eigenvalue weighted by molar-refractivity contribution is -0.268. The number of carbonyl (C=O) groups excluding carboxylic acids is 2. The molecule has 2 amide bonds. The third-order valence-corrected chi connectivity index (χ3v) is 6.26. The van der Waals surface area contributed by atoms with Crippen LogP contribution < -0.4 is 15.6 Å². The fourth-order valence-corrected chi connectivity index (χ4v) is 4.29. The molecule has 3 aromatic rings. The molecule has 11 nitrogen and oxygen atoms in total. The van der Waals surface area contributed by atoms with Gasteiger partial charge in [0.2, 0.25) is 0 Å². The first kappa shape index (κ1) is 27.9. The molecule has 0 bridgehead atoms. The van der Waals surface area contributed by atoms with Crippen LogP contribution in [0.1, 0.15) is 5.56 Å². The van der Waals surface area contributed by atoms with E-state index in [1.165, 1.54) is 42.5 Å². The number of carbonyl (C=O) groups is 2. The molecule has 0 unspecified atom stereocenters. The molecule has 1 aliphatic heterocycles. The topological polar surface area (TPSA) is 166 Å². The molecule has 0 aliphatic carbocycles. The number of H-pyrrole nitrogens is 1. The molecule has 208 valence electrons. The normalized spacial score (nSPS) is 17.2. The molecule has 0 spiro atoms. The van der Waals surface area contributed by atoms with Gasteiger partial charge >= 0.3 is 12.3 Å². The number of fused-ring (bicyclic) bond motifs is 1. The predicted octanol–water partition coefficient (Wildman–Crippen LogP) is 0.898. The van der Waals surface area contributed by atoms with E-state index in [0.29, 0.717) is 10.3 Å². The maximum atomic E-state index is 13.5. The number of alkyl halides is 3. The minimum absolute atomic E-state index is 0.0373. The largest absolute Gasteiger partial charge is 0.530 e. The molecule has 4 rings (SSSR count). The molecule has 1 aliphatic rings. The summed E-state index contributed by atoms with van der Waals surface area (Å²) in [5.41, 5.74) is -1.62. The molecule has 1 fully saturated rings. The number of hydrogen-bond donors (Lipinski definition) is 4. The number of pyridine rings is 1. The lowest BCUT2D eigenvalue weighted by Gasteiger charge is -2.30. The number of ether oxygens (including phenoxy) is 1. The van der Waals surface area contributed by atoms with Gasteiger partial charge in [0.05, 0.1) is 31.4 Å². The summed E-state index contributed by atoms with van der Waals surface area (Å²) in [5.74, 6) is 0.